The highest BCUT2D eigenvalue weighted by Crippen LogP contribution is 2.12. The lowest BCUT2D eigenvalue weighted by Gasteiger charge is -2.14. The fourth-order valence-electron chi connectivity index (χ4n) is 2.15. The van der Waals surface area contributed by atoms with Crippen LogP contribution in [0.3, 0.4) is 0 Å². The Bertz CT molecular complexity index is 499. The Hall–Kier alpha value is -1.66. The molecule has 1 fully saturated rings. The number of esters is 1. The number of carbonyl (C=O) groups excluding carboxylic acids is 1. The van der Waals surface area contributed by atoms with Crippen LogP contribution in [0.5, 0.6) is 0 Å². The first-order valence-electron chi connectivity index (χ1n) is 7.62. The summed E-state index contributed by atoms with van der Waals surface area (Å²) < 4.78 is 10.6. The molecule has 120 valence electrons. The van der Waals surface area contributed by atoms with Gasteiger partial charge in [0, 0.05) is 18.8 Å². The Morgan fingerprint density at radius 1 is 1.41 bits per heavy atom. The topological polar surface area (TPSA) is 59.6 Å². The van der Waals surface area contributed by atoms with E-state index < -0.39 is 0 Å². The van der Waals surface area contributed by atoms with Crippen molar-refractivity contribution in [2.45, 2.75) is 32.3 Å². The molecule has 0 aliphatic carbocycles. The number of ether oxygens (including phenoxy) is 2. The predicted molar refractivity (Wildman–Crippen MR) is 90.2 cm³/mol. The first-order valence-corrected chi connectivity index (χ1v) is 8.03. The molecular formula is C16H22N2O3S. The minimum absolute atomic E-state index is 0.246. The molecule has 1 aliphatic rings. The van der Waals surface area contributed by atoms with E-state index in [-0.39, 0.29) is 12.1 Å². The summed E-state index contributed by atoms with van der Waals surface area (Å²) in [5.74, 6) is -0.299. The second kappa shape index (κ2) is 8.70. The molecule has 1 aromatic carbocycles. The molecule has 1 heterocycles. The van der Waals surface area contributed by atoms with Gasteiger partial charge in [0.05, 0.1) is 18.3 Å². The average Bonchev–Trinajstić information content (AvgIpc) is 3.05. The van der Waals surface area contributed by atoms with Crippen LogP contribution < -0.4 is 10.6 Å². The van der Waals surface area contributed by atoms with Gasteiger partial charge in [0.25, 0.3) is 0 Å². The van der Waals surface area contributed by atoms with Crippen LogP contribution in [0, 0.1) is 0 Å². The van der Waals surface area contributed by atoms with Gasteiger partial charge in [-0.1, -0.05) is 6.92 Å². The molecule has 1 aliphatic heterocycles. The Kier molecular flexibility index (Phi) is 6.61. The summed E-state index contributed by atoms with van der Waals surface area (Å²) >= 11 is 5.24. The average molecular weight is 322 g/mol. The molecule has 0 amide bonds. The number of rotatable bonds is 6. The molecular weight excluding hydrogens is 300 g/mol. The fourth-order valence-corrected chi connectivity index (χ4v) is 2.36. The summed E-state index contributed by atoms with van der Waals surface area (Å²) in [7, 11) is 0. The zero-order valence-electron chi connectivity index (χ0n) is 12.8. The minimum atomic E-state index is -0.299. The lowest BCUT2D eigenvalue weighted by atomic mass is 10.2. The summed E-state index contributed by atoms with van der Waals surface area (Å²) in [6, 6.07) is 7.07. The Morgan fingerprint density at radius 3 is 2.82 bits per heavy atom. The van der Waals surface area contributed by atoms with Gasteiger partial charge < -0.3 is 20.1 Å². The van der Waals surface area contributed by atoms with E-state index in [2.05, 4.69) is 10.6 Å². The van der Waals surface area contributed by atoms with E-state index in [1.165, 1.54) is 0 Å². The molecule has 0 bridgehead atoms. The van der Waals surface area contributed by atoms with E-state index in [9.17, 15) is 4.79 Å². The minimum Gasteiger partial charge on any atom is -0.462 e. The predicted octanol–water partition coefficient (Wildman–Crippen LogP) is 2.72. The number of anilines is 1. The van der Waals surface area contributed by atoms with Crippen molar-refractivity contribution in [3.8, 4) is 0 Å². The molecule has 22 heavy (non-hydrogen) atoms. The number of thiocarbonyl (C=S) groups is 1. The smallest absolute Gasteiger partial charge is 0.338 e. The van der Waals surface area contributed by atoms with E-state index in [4.69, 9.17) is 21.7 Å². The van der Waals surface area contributed by atoms with Gasteiger partial charge in [-0.25, -0.2) is 4.79 Å². The van der Waals surface area contributed by atoms with Crippen molar-refractivity contribution >= 4 is 29.0 Å². The normalized spacial score (nSPS) is 17.0. The van der Waals surface area contributed by atoms with Crippen LogP contribution in [0.1, 0.15) is 36.5 Å². The van der Waals surface area contributed by atoms with Gasteiger partial charge in [-0.3, -0.25) is 0 Å². The standard InChI is InChI=1S/C16H22N2O3S/c1-2-9-21-15(19)12-5-7-13(8-6-12)18-16(22)17-11-14-4-3-10-20-14/h5-8,14H,2-4,9-11H2,1H3,(H2,17,18,22). The maximum absolute atomic E-state index is 11.7. The molecule has 1 unspecified atom stereocenters. The van der Waals surface area contributed by atoms with Crippen molar-refractivity contribution in [1.82, 2.24) is 5.32 Å². The second-order valence-corrected chi connectivity index (χ2v) is 5.59. The number of nitrogens with one attached hydrogen (secondary N) is 2. The molecule has 5 nitrogen and oxygen atoms in total. The number of hydrogen-bond acceptors (Lipinski definition) is 4. The fraction of sp³-hybridized carbons (Fsp3) is 0.500. The number of hydrogen-bond donors (Lipinski definition) is 2. The van der Waals surface area contributed by atoms with Crippen molar-refractivity contribution in [3.05, 3.63) is 29.8 Å². The van der Waals surface area contributed by atoms with E-state index in [1.54, 1.807) is 12.1 Å². The van der Waals surface area contributed by atoms with Crippen molar-refractivity contribution in [2.24, 2.45) is 0 Å². The first kappa shape index (κ1) is 16.7. The van der Waals surface area contributed by atoms with Gasteiger partial charge >= 0.3 is 5.97 Å². The summed E-state index contributed by atoms with van der Waals surface area (Å²) in [5, 5.41) is 6.78. The third-order valence-electron chi connectivity index (χ3n) is 3.33. The summed E-state index contributed by atoms with van der Waals surface area (Å²) in [5.41, 5.74) is 1.37. The van der Waals surface area contributed by atoms with E-state index >= 15 is 0 Å². The van der Waals surface area contributed by atoms with Crippen molar-refractivity contribution in [3.63, 3.8) is 0 Å². The van der Waals surface area contributed by atoms with Crippen LogP contribution in [0.15, 0.2) is 24.3 Å². The summed E-state index contributed by atoms with van der Waals surface area (Å²) in [6.45, 7) is 3.95. The number of carbonyl (C=O) groups is 1. The lowest BCUT2D eigenvalue weighted by Crippen LogP contribution is -2.34. The quantitative estimate of drug-likeness (QED) is 0.620. The number of benzene rings is 1. The van der Waals surface area contributed by atoms with Gasteiger partial charge in [-0.15, -0.1) is 0 Å². The van der Waals surface area contributed by atoms with Gasteiger partial charge in [0.15, 0.2) is 5.11 Å². The van der Waals surface area contributed by atoms with Crippen molar-refractivity contribution in [2.75, 3.05) is 25.1 Å². The van der Waals surface area contributed by atoms with Gasteiger partial charge in [0.1, 0.15) is 0 Å². The SMILES string of the molecule is CCCOC(=O)c1ccc(NC(=S)NCC2CCCO2)cc1. The monoisotopic (exact) mass is 322 g/mol. The summed E-state index contributed by atoms with van der Waals surface area (Å²) in [4.78, 5) is 11.7. The highest BCUT2D eigenvalue weighted by Gasteiger charge is 2.15. The van der Waals surface area contributed by atoms with E-state index in [0.29, 0.717) is 23.8 Å². The first-order chi connectivity index (χ1) is 10.7. The molecule has 1 saturated heterocycles. The molecule has 2 rings (SSSR count). The van der Waals surface area contributed by atoms with Crippen LogP contribution in [-0.4, -0.2) is 36.9 Å². The maximum Gasteiger partial charge on any atom is 0.338 e. The molecule has 1 aromatic rings. The molecule has 1 atom stereocenters. The highest BCUT2D eigenvalue weighted by molar-refractivity contribution is 7.80. The van der Waals surface area contributed by atoms with Crippen molar-refractivity contribution < 1.29 is 14.3 Å². The Labute approximate surface area is 136 Å². The summed E-state index contributed by atoms with van der Waals surface area (Å²) in [6.07, 6.45) is 3.25. The lowest BCUT2D eigenvalue weighted by molar-refractivity contribution is 0.0505. The van der Waals surface area contributed by atoms with Crippen LogP contribution in [-0.2, 0) is 9.47 Å². The van der Waals surface area contributed by atoms with Gasteiger partial charge in [0.2, 0.25) is 0 Å². The highest BCUT2D eigenvalue weighted by atomic mass is 32.1. The zero-order chi connectivity index (χ0) is 15.8. The third-order valence-corrected chi connectivity index (χ3v) is 3.58. The van der Waals surface area contributed by atoms with Gasteiger partial charge in [-0.2, -0.15) is 0 Å². The van der Waals surface area contributed by atoms with E-state index in [1.807, 2.05) is 19.1 Å². The molecule has 0 saturated carbocycles. The van der Waals surface area contributed by atoms with Gasteiger partial charge in [-0.05, 0) is 55.7 Å². The molecule has 0 aromatic heterocycles. The van der Waals surface area contributed by atoms with Crippen LogP contribution in [0.25, 0.3) is 0 Å². The maximum atomic E-state index is 11.7. The molecule has 0 spiro atoms. The molecule has 0 radical (unpaired) electrons. The van der Waals surface area contributed by atoms with Crippen LogP contribution in [0.2, 0.25) is 0 Å². The molecule has 6 heteroatoms. The largest absolute Gasteiger partial charge is 0.462 e. The molecule has 2 N–H and O–H groups in total. The third kappa shape index (κ3) is 5.27. The van der Waals surface area contributed by atoms with Crippen LogP contribution in [0.4, 0.5) is 5.69 Å². The Morgan fingerprint density at radius 2 is 2.18 bits per heavy atom. The zero-order valence-corrected chi connectivity index (χ0v) is 13.6. The van der Waals surface area contributed by atoms with E-state index in [0.717, 1.165) is 31.6 Å². The van der Waals surface area contributed by atoms with Crippen molar-refractivity contribution in [1.29, 1.82) is 0 Å². The second-order valence-electron chi connectivity index (χ2n) is 5.18. The Balaban J connectivity index is 1.77. The van der Waals surface area contributed by atoms with Crippen LogP contribution >= 0.6 is 12.2 Å².